The zero-order chi connectivity index (χ0) is 21.4. The molecule has 1 amide bonds. The van der Waals surface area contributed by atoms with E-state index in [1.54, 1.807) is 0 Å². The minimum atomic E-state index is -0.536. The van der Waals surface area contributed by atoms with Crippen LogP contribution in [0.4, 0.5) is 0 Å². The van der Waals surface area contributed by atoms with Crippen molar-refractivity contribution in [3.05, 3.63) is 33.4 Å². The fraction of sp³-hybridized carbons (Fsp3) is 0.750. The molecule has 0 radical (unpaired) electrons. The van der Waals surface area contributed by atoms with Crippen LogP contribution in [-0.4, -0.2) is 51.0 Å². The lowest BCUT2D eigenvalue weighted by atomic mass is 9.77. The first-order valence-electron chi connectivity index (χ1n) is 11.9. The van der Waals surface area contributed by atoms with E-state index in [0.717, 1.165) is 45.4 Å². The molecule has 5 rings (SSSR count). The number of hydrogen-bond acceptors (Lipinski definition) is 6. The van der Waals surface area contributed by atoms with Crippen LogP contribution in [0.5, 0.6) is 0 Å². The summed E-state index contributed by atoms with van der Waals surface area (Å²) < 4.78 is 17.3. The van der Waals surface area contributed by atoms with Gasteiger partial charge in [0.05, 0.1) is 12.1 Å². The van der Waals surface area contributed by atoms with Gasteiger partial charge in [0.15, 0.2) is 0 Å². The summed E-state index contributed by atoms with van der Waals surface area (Å²) in [4.78, 5) is 25.9. The van der Waals surface area contributed by atoms with Gasteiger partial charge < -0.3 is 24.5 Å². The third kappa shape index (κ3) is 5.22. The topological polar surface area (TPSA) is 89.8 Å². The van der Waals surface area contributed by atoms with Crippen molar-refractivity contribution in [2.24, 2.45) is 17.8 Å². The van der Waals surface area contributed by atoms with Crippen molar-refractivity contribution in [3.8, 4) is 0 Å². The van der Waals surface area contributed by atoms with Crippen molar-refractivity contribution >= 4 is 18.3 Å². The Morgan fingerprint density at radius 1 is 1.16 bits per heavy atom. The van der Waals surface area contributed by atoms with E-state index in [2.05, 4.69) is 10.6 Å². The number of ether oxygens (including phenoxy) is 2. The van der Waals surface area contributed by atoms with Crippen molar-refractivity contribution in [1.82, 2.24) is 10.6 Å². The number of carbonyl (C=O) groups is 1. The molecule has 0 spiro atoms. The van der Waals surface area contributed by atoms with Gasteiger partial charge in [-0.1, -0.05) is 0 Å². The van der Waals surface area contributed by atoms with Gasteiger partial charge in [-0.05, 0) is 87.9 Å². The Morgan fingerprint density at radius 2 is 1.88 bits per heavy atom. The lowest BCUT2D eigenvalue weighted by molar-refractivity contribution is -0.0212. The number of hydrogen-bond donors (Lipinski definition) is 2. The van der Waals surface area contributed by atoms with Gasteiger partial charge in [-0.2, -0.15) is 0 Å². The Bertz CT molecular complexity index is 864. The number of amides is 1. The van der Waals surface area contributed by atoms with Gasteiger partial charge in [0.2, 0.25) is 0 Å². The predicted octanol–water partition coefficient (Wildman–Crippen LogP) is 2.79. The lowest BCUT2D eigenvalue weighted by Gasteiger charge is -2.38. The van der Waals surface area contributed by atoms with Crippen LogP contribution in [-0.2, 0) is 9.47 Å². The maximum absolute atomic E-state index is 13.2. The van der Waals surface area contributed by atoms with E-state index >= 15 is 0 Å². The molecule has 4 fully saturated rings. The van der Waals surface area contributed by atoms with E-state index in [0.29, 0.717) is 42.3 Å². The van der Waals surface area contributed by atoms with Crippen LogP contribution in [0.3, 0.4) is 0 Å². The Labute approximate surface area is 195 Å². The molecule has 1 aromatic heterocycles. The van der Waals surface area contributed by atoms with Crippen molar-refractivity contribution < 1.29 is 18.7 Å². The van der Waals surface area contributed by atoms with E-state index in [1.807, 2.05) is 13.0 Å². The molecular formula is C24H35ClN2O5. The first-order valence-corrected chi connectivity index (χ1v) is 11.9. The van der Waals surface area contributed by atoms with Gasteiger partial charge in [0.1, 0.15) is 11.3 Å². The third-order valence-corrected chi connectivity index (χ3v) is 7.60. The number of aryl methyl sites for hydroxylation is 1. The number of carbonyl (C=O) groups excluding carboxylic acids is 1. The standard InChI is InChI=1S/C24H34N2O5.ClH/c1-14-8-20(16-4-6-29-7-5-16)31-24(28)22(14)23(27)26-19-9-17-11-25-12-18(17)10-21(19)30-13-15-2-3-15;/h8,15-19,21,25H,2-7,9-13H2,1H3,(H,26,27);1H/t17-,18+,19-,21-;/m0./s1. The van der Waals surface area contributed by atoms with Crippen LogP contribution in [0.1, 0.15) is 66.1 Å². The molecule has 4 atom stereocenters. The first-order chi connectivity index (χ1) is 15.1. The van der Waals surface area contributed by atoms with Gasteiger partial charge in [-0.15, -0.1) is 12.4 Å². The minimum absolute atomic E-state index is 0. The van der Waals surface area contributed by atoms with Gasteiger partial charge in [-0.25, -0.2) is 4.79 Å². The highest BCUT2D eigenvalue weighted by atomic mass is 35.5. The van der Waals surface area contributed by atoms with Crippen LogP contribution < -0.4 is 16.3 Å². The Kier molecular flexibility index (Phi) is 7.60. The van der Waals surface area contributed by atoms with Gasteiger partial charge in [0, 0.05) is 25.7 Å². The van der Waals surface area contributed by atoms with Crippen molar-refractivity contribution in [2.75, 3.05) is 32.9 Å². The molecule has 0 bridgehead atoms. The first kappa shape index (κ1) is 23.7. The van der Waals surface area contributed by atoms with Crippen molar-refractivity contribution in [1.29, 1.82) is 0 Å². The highest BCUT2D eigenvalue weighted by Gasteiger charge is 2.41. The van der Waals surface area contributed by atoms with E-state index in [-0.39, 0.29) is 41.9 Å². The van der Waals surface area contributed by atoms with Gasteiger partial charge in [0.25, 0.3) is 5.91 Å². The fourth-order valence-corrected chi connectivity index (χ4v) is 5.49. The molecule has 3 heterocycles. The SMILES string of the molecule is Cc1cc(C2CCOCC2)oc(=O)c1C(=O)N[C@H]1C[C@H]2CNC[C@H]2C[C@@H]1OCC1CC1.Cl. The van der Waals surface area contributed by atoms with Crippen LogP contribution >= 0.6 is 12.4 Å². The summed E-state index contributed by atoms with van der Waals surface area (Å²) in [6.45, 7) is 5.99. The molecule has 7 nitrogen and oxygen atoms in total. The Balaban J connectivity index is 0.00000245. The summed E-state index contributed by atoms with van der Waals surface area (Å²) in [7, 11) is 0. The number of fused-ring (bicyclic) bond motifs is 1. The van der Waals surface area contributed by atoms with Crippen LogP contribution in [0, 0.1) is 24.7 Å². The highest BCUT2D eigenvalue weighted by Crippen LogP contribution is 2.36. The molecule has 32 heavy (non-hydrogen) atoms. The quantitative estimate of drug-likeness (QED) is 0.670. The fourth-order valence-electron chi connectivity index (χ4n) is 5.49. The monoisotopic (exact) mass is 466 g/mol. The molecule has 2 aliphatic heterocycles. The summed E-state index contributed by atoms with van der Waals surface area (Å²) in [5.41, 5.74) is 0.274. The second kappa shape index (κ2) is 10.2. The molecule has 4 aliphatic rings. The molecule has 178 valence electrons. The normalized spacial score (nSPS) is 30.4. The maximum Gasteiger partial charge on any atom is 0.349 e. The van der Waals surface area contributed by atoms with Crippen molar-refractivity contribution in [3.63, 3.8) is 0 Å². The van der Waals surface area contributed by atoms with Crippen molar-refractivity contribution in [2.45, 2.75) is 63.5 Å². The molecule has 2 saturated carbocycles. The molecule has 2 saturated heterocycles. The summed E-state index contributed by atoms with van der Waals surface area (Å²) in [6, 6.07) is 1.80. The van der Waals surface area contributed by atoms with E-state index in [1.165, 1.54) is 12.8 Å². The average Bonchev–Trinajstić information content (AvgIpc) is 3.48. The molecular weight excluding hydrogens is 432 g/mol. The molecule has 0 aromatic carbocycles. The zero-order valence-electron chi connectivity index (χ0n) is 18.8. The lowest BCUT2D eigenvalue weighted by Crippen LogP contribution is -2.51. The predicted molar refractivity (Wildman–Crippen MR) is 123 cm³/mol. The molecule has 0 unspecified atom stereocenters. The van der Waals surface area contributed by atoms with Crippen LogP contribution in [0.25, 0.3) is 0 Å². The highest BCUT2D eigenvalue weighted by molar-refractivity contribution is 5.95. The van der Waals surface area contributed by atoms with E-state index in [4.69, 9.17) is 13.9 Å². The summed E-state index contributed by atoms with van der Waals surface area (Å²) in [5.74, 6) is 2.37. The number of halogens is 1. The summed E-state index contributed by atoms with van der Waals surface area (Å²) >= 11 is 0. The molecule has 2 aliphatic carbocycles. The number of nitrogens with one attached hydrogen (secondary N) is 2. The largest absolute Gasteiger partial charge is 0.427 e. The second-order valence-corrected chi connectivity index (χ2v) is 9.93. The number of rotatable bonds is 6. The minimum Gasteiger partial charge on any atom is -0.427 e. The van der Waals surface area contributed by atoms with Crippen LogP contribution in [0.15, 0.2) is 15.3 Å². The Morgan fingerprint density at radius 3 is 2.56 bits per heavy atom. The third-order valence-electron chi connectivity index (χ3n) is 7.60. The molecule has 2 N–H and O–H groups in total. The summed E-state index contributed by atoms with van der Waals surface area (Å²) in [5, 5.41) is 6.63. The average molecular weight is 467 g/mol. The Hall–Kier alpha value is -1.41. The second-order valence-electron chi connectivity index (χ2n) is 9.93. The molecule has 8 heteroatoms. The maximum atomic E-state index is 13.2. The van der Waals surface area contributed by atoms with Gasteiger partial charge in [-0.3, -0.25) is 4.79 Å². The van der Waals surface area contributed by atoms with Crippen LogP contribution in [0.2, 0.25) is 0 Å². The van der Waals surface area contributed by atoms with E-state index < -0.39 is 5.63 Å². The molecule has 1 aromatic rings. The smallest absolute Gasteiger partial charge is 0.349 e. The summed E-state index contributed by atoms with van der Waals surface area (Å²) in [6.07, 6.45) is 6.04. The zero-order valence-corrected chi connectivity index (χ0v) is 19.6. The van der Waals surface area contributed by atoms with Gasteiger partial charge >= 0.3 is 5.63 Å². The van der Waals surface area contributed by atoms with E-state index in [9.17, 15) is 9.59 Å².